The van der Waals surface area contributed by atoms with Gasteiger partial charge in [0, 0.05) is 10.9 Å². The standard InChI is InChI=1S/C14H22N4S/c1-6-9-7-10-11(16-8(2)14(3,4)5)17-13(15)18-12(10)19-9/h7-8H,6H2,1-5H3,(H3,15,16,17,18). The number of thiophene rings is 1. The van der Waals surface area contributed by atoms with Crippen LogP contribution in [0.5, 0.6) is 0 Å². The minimum atomic E-state index is 0.162. The molecule has 0 aliphatic heterocycles. The Labute approximate surface area is 118 Å². The fourth-order valence-electron chi connectivity index (χ4n) is 1.69. The van der Waals surface area contributed by atoms with Crippen LogP contribution in [0.25, 0.3) is 10.2 Å². The second-order valence-corrected chi connectivity index (χ2v) is 7.06. The highest BCUT2D eigenvalue weighted by molar-refractivity contribution is 7.18. The molecule has 2 rings (SSSR count). The lowest BCUT2D eigenvalue weighted by molar-refractivity contribution is 0.359. The third-order valence-electron chi connectivity index (χ3n) is 3.46. The smallest absolute Gasteiger partial charge is 0.223 e. The summed E-state index contributed by atoms with van der Waals surface area (Å²) < 4.78 is 0. The molecular formula is C14H22N4S. The number of nitrogens with zero attached hydrogens (tertiary/aromatic N) is 2. The molecule has 0 aliphatic carbocycles. The van der Waals surface area contributed by atoms with Gasteiger partial charge in [0.2, 0.25) is 5.95 Å². The molecule has 0 fully saturated rings. The number of fused-ring (bicyclic) bond motifs is 1. The van der Waals surface area contributed by atoms with Crippen molar-refractivity contribution in [2.24, 2.45) is 5.41 Å². The first kappa shape index (κ1) is 14.1. The molecule has 0 saturated heterocycles. The minimum Gasteiger partial charge on any atom is -0.368 e. The van der Waals surface area contributed by atoms with Crippen molar-refractivity contribution in [1.29, 1.82) is 0 Å². The summed E-state index contributed by atoms with van der Waals surface area (Å²) in [5, 5.41) is 4.55. The van der Waals surface area contributed by atoms with Gasteiger partial charge in [0.05, 0.1) is 5.39 Å². The number of nitrogens with one attached hydrogen (secondary N) is 1. The number of hydrogen-bond acceptors (Lipinski definition) is 5. The quantitative estimate of drug-likeness (QED) is 0.899. The summed E-state index contributed by atoms with van der Waals surface area (Å²) in [6.45, 7) is 10.9. The zero-order chi connectivity index (χ0) is 14.2. The molecule has 2 aromatic rings. The molecule has 4 nitrogen and oxygen atoms in total. The molecular weight excluding hydrogens is 256 g/mol. The Kier molecular flexibility index (Phi) is 3.67. The number of nitrogen functional groups attached to an aromatic ring is 1. The lowest BCUT2D eigenvalue weighted by Gasteiger charge is -2.28. The second kappa shape index (κ2) is 4.96. The van der Waals surface area contributed by atoms with Crippen molar-refractivity contribution < 1.29 is 0 Å². The number of nitrogens with two attached hydrogens (primary N) is 1. The zero-order valence-electron chi connectivity index (χ0n) is 12.2. The van der Waals surface area contributed by atoms with Gasteiger partial charge in [0.25, 0.3) is 0 Å². The first-order valence-corrected chi connectivity index (χ1v) is 7.45. The molecule has 1 atom stereocenters. The van der Waals surface area contributed by atoms with Crippen LogP contribution in [-0.4, -0.2) is 16.0 Å². The summed E-state index contributed by atoms with van der Waals surface area (Å²) >= 11 is 1.69. The first-order valence-electron chi connectivity index (χ1n) is 6.63. The van der Waals surface area contributed by atoms with Gasteiger partial charge in [-0.3, -0.25) is 0 Å². The van der Waals surface area contributed by atoms with E-state index in [9.17, 15) is 0 Å². The summed E-state index contributed by atoms with van der Waals surface area (Å²) in [5.74, 6) is 1.18. The van der Waals surface area contributed by atoms with Crippen molar-refractivity contribution in [3.63, 3.8) is 0 Å². The van der Waals surface area contributed by atoms with Crippen molar-refractivity contribution in [2.75, 3.05) is 11.1 Å². The average molecular weight is 278 g/mol. The lowest BCUT2D eigenvalue weighted by atomic mass is 9.88. The number of aromatic nitrogens is 2. The number of aryl methyl sites for hydroxylation is 1. The molecule has 104 valence electrons. The van der Waals surface area contributed by atoms with E-state index >= 15 is 0 Å². The Bertz CT molecular complexity index is 583. The van der Waals surface area contributed by atoms with Gasteiger partial charge in [-0.2, -0.15) is 4.98 Å². The maximum Gasteiger partial charge on any atom is 0.223 e. The molecule has 2 aromatic heterocycles. The van der Waals surface area contributed by atoms with Crippen molar-refractivity contribution >= 4 is 33.3 Å². The Morgan fingerprint density at radius 2 is 2.05 bits per heavy atom. The van der Waals surface area contributed by atoms with E-state index in [1.807, 2.05) is 0 Å². The van der Waals surface area contributed by atoms with Gasteiger partial charge in [0.1, 0.15) is 10.6 Å². The van der Waals surface area contributed by atoms with Gasteiger partial charge < -0.3 is 11.1 Å². The van der Waals surface area contributed by atoms with Crippen LogP contribution in [0.2, 0.25) is 0 Å². The zero-order valence-corrected chi connectivity index (χ0v) is 13.1. The minimum absolute atomic E-state index is 0.162. The van der Waals surface area contributed by atoms with Gasteiger partial charge in [0.15, 0.2) is 0 Å². The largest absolute Gasteiger partial charge is 0.368 e. The second-order valence-electron chi connectivity index (χ2n) is 5.95. The van der Waals surface area contributed by atoms with E-state index in [1.165, 1.54) is 4.88 Å². The van der Waals surface area contributed by atoms with Crippen LogP contribution in [0.1, 0.15) is 39.5 Å². The van der Waals surface area contributed by atoms with Crippen LogP contribution < -0.4 is 11.1 Å². The molecule has 0 amide bonds. The van der Waals surface area contributed by atoms with E-state index in [4.69, 9.17) is 5.73 Å². The van der Waals surface area contributed by atoms with E-state index in [-0.39, 0.29) is 5.41 Å². The first-order chi connectivity index (χ1) is 8.81. The number of hydrogen-bond donors (Lipinski definition) is 2. The van der Waals surface area contributed by atoms with Crippen LogP contribution in [0, 0.1) is 5.41 Å². The van der Waals surface area contributed by atoms with E-state index < -0.39 is 0 Å². The van der Waals surface area contributed by atoms with Gasteiger partial charge >= 0.3 is 0 Å². The predicted molar refractivity (Wildman–Crippen MR) is 83.7 cm³/mol. The molecule has 0 radical (unpaired) electrons. The Morgan fingerprint density at radius 1 is 1.37 bits per heavy atom. The lowest BCUT2D eigenvalue weighted by Crippen LogP contribution is -2.31. The summed E-state index contributed by atoms with van der Waals surface area (Å²) in [7, 11) is 0. The number of rotatable bonds is 3. The molecule has 3 N–H and O–H groups in total. The Balaban J connectivity index is 2.44. The maximum atomic E-state index is 5.80. The number of anilines is 2. The van der Waals surface area contributed by atoms with E-state index in [0.717, 1.165) is 22.5 Å². The van der Waals surface area contributed by atoms with Crippen LogP contribution in [-0.2, 0) is 6.42 Å². The van der Waals surface area contributed by atoms with E-state index in [1.54, 1.807) is 11.3 Å². The fraction of sp³-hybridized carbons (Fsp3) is 0.571. The van der Waals surface area contributed by atoms with Crippen LogP contribution in [0.15, 0.2) is 6.07 Å². The van der Waals surface area contributed by atoms with E-state index in [2.05, 4.69) is 56.0 Å². The highest BCUT2D eigenvalue weighted by Gasteiger charge is 2.21. The van der Waals surface area contributed by atoms with Gasteiger partial charge in [-0.25, -0.2) is 4.98 Å². The molecule has 1 unspecified atom stereocenters. The summed E-state index contributed by atoms with van der Waals surface area (Å²) in [6.07, 6.45) is 1.01. The molecule has 0 aromatic carbocycles. The monoisotopic (exact) mass is 278 g/mol. The average Bonchev–Trinajstić information content (AvgIpc) is 2.70. The Hall–Kier alpha value is -1.36. The summed E-state index contributed by atoms with van der Waals surface area (Å²) in [6, 6.07) is 2.46. The molecule has 0 aliphatic rings. The third kappa shape index (κ3) is 2.97. The molecule has 0 spiro atoms. The van der Waals surface area contributed by atoms with Crippen molar-refractivity contribution in [1.82, 2.24) is 9.97 Å². The van der Waals surface area contributed by atoms with Crippen molar-refractivity contribution in [3.8, 4) is 0 Å². The summed E-state index contributed by atoms with van der Waals surface area (Å²) in [4.78, 5) is 11.0. The Morgan fingerprint density at radius 3 is 2.63 bits per heavy atom. The molecule has 0 bridgehead atoms. The predicted octanol–water partition coefficient (Wildman–Crippen LogP) is 3.68. The topological polar surface area (TPSA) is 63.8 Å². The van der Waals surface area contributed by atoms with E-state index in [0.29, 0.717) is 12.0 Å². The highest BCUT2D eigenvalue weighted by Crippen LogP contribution is 2.31. The van der Waals surface area contributed by atoms with Crippen LogP contribution in [0.4, 0.5) is 11.8 Å². The van der Waals surface area contributed by atoms with Crippen LogP contribution in [0.3, 0.4) is 0 Å². The van der Waals surface area contributed by atoms with Crippen LogP contribution >= 0.6 is 11.3 Å². The fourth-order valence-corrected chi connectivity index (χ4v) is 2.67. The molecule has 0 saturated carbocycles. The third-order valence-corrected chi connectivity index (χ3v) is 4.64. The van der Waals surface area contributed by atoms with Gasteiger partial charge in [-0.1, -0.05) is 27.7 Å². The maximum absolute atomic E-state index is 5.80. The van der Waals surface area contributed by atoms with Gasteiger partial charge in [-0.15, -0.1) is 11.3 Å². The highest BCUT2D eigenvalue weighted by atomic mass is 32.1. The molecule has 19 heavy (non-hydrogen) atoms. The molecule has 2 heterocycles. The SMILES string of the molecule is CCc1cc2c(NC(C)C(C)(C)C)nc(N)nc2s1. The van der Waals surface area contributed by atoms with Gasteiger partial charge in [-0.05, 0) is 24.8 Å². The molecule has 5 heteroatoms. The summed E-state index contributed by atoms with van der Waals surface area (Å²) in [5.41, 5.74) is 5.97. The normalized spacial score (nSPS) is 13.7. The van der Waals surface area contributed by atoms with Crippen molar-refractivity contribution in [3.05, 3.63) is 10.9 Å². The van der Waals surface area contributed by atoms with Crippen molar-refractivity contribution in [2.45, 2.75) is 47.1 Å².